The van der Waals surface area contributed by atoms with Crippen molar-refractivity contribution in [3.63, 3.8) is 0 Å². The zero-order valence-corrected chi connectivity index (χ0v) is 15.3. The second-order valence-corrected chi connectivity index (χ2v) is 6.63. The summed E-state index contributed by atoms with van der Waals surface area (Å²) in [6.07, 6.45) is -1.75. The van der Waals surface area contributed by atoms with E-state index in [2.05, 4.69) is 14.7 Å². The normalized spacial score (nSPS) is 14.6. The monoisotopic (exact) mass is 407 g/mol. The van der Waals surface area contributed by atoms with Crippen molar-refractivity contribution < 1.29 is 22.7 Å². The third-order valence-electron chi connectivity index (χ3n) is 4.70. The Kier molecular flexibility index (Phi) is 4.52. The van der Waals surface area contributed by atoms with Gasteiger partial charge in [-0.25, -0.2) is 19.6 Å². The molecule has 29 heavy (non-hydrogen) atoms. The van der Waals surface area contributed by atoms with Crippen LogP contribution >= 0.6 is 0 Å². The summed E-state index contributed by atoms with van der Waals surface area (Å²) in [5.41, 5.74) is 0.137. The average molecular weight is 407 g/mol. The number of alkyl halides is 3. The number of imidazole rings is 1. The number of ether oxygens (including phenoxy) is 1. The molecule has 152 valence electrons. The molecule has 11 heteroatoms. The van der Waals surface area contributed by atoms with Crippen molar-refractivity contribution in [1.82, 2.24) is 24.0 Å². The number of aromatic nitrogens is 4. The molecule has 1 aliphatic heterocycles. The van der Waals surface area contributed by atoms with E-state index >= 15 is 0 Å². The van der Waals surface area contributed by atoms with Crippen LogP contribution in [0.5, 0.6) is 5.75 Å². The topological polar surface area (TPSA) is 82.2 Å². The predicted octanol–water partition coefficient (Wildman–Crippen LogP) is 2.76. The molecule has 0 unspecified atom stereocenters. The van der Waals surface area contributed by atoms with Gasteiger partial charge in [0.1, 0.15) is 11.3 Å². The molecule has 0 radical (unpaired) electrons. The number of rotatable bonds is 2. The maximum atomic E-state index is 12.8. The molecule has 3 heterocycles. The molecule has 1 amide bonds. The molecule has 8 nitrogen and oxygen atoms in total. The van der Waals surface area contributed by atoms with Gasteiger partial charge in [-0.2, -0.15) is 4.57 Å². The number of fused-ring (bicyclic) bond motifs is 1. The van der Waals surface area contributed by atoms with E-state index in [9.17, 15) is 22.8 Å². The minimum absolute atomic E-state index is 0.0682. The SMILES string of the molecule is Cn1c(=O)n(C(=O)N2CCCC2)c2nc(-c3cccc(OC(F)(F)F)c3)ncc21. The minimum atomic E-state index is -4.83. The number of carbonyl (C=O) groups excluding carboxylic acids is 1. The van der Waals surface area contributed by atoms with Crippen molar-refractivity contribution in [2.75, 3.05) is 13.1 Å². The first-order chi connectivity index (χ1) is 13.7. The van der Waals surface area contributed by atoms with E-state index in [1.807, 2.05) is 0 Å². The second-order valence-electron chi connectivity index (χ2n) is 6.63. The largest absolute Gasteiger partial charge is 0.573 e. The van der Waals surface area contributed by atoms with Crippen molar-refractivity contribution in [2.45, 2.75) is 19.2 Å². The van der Waals surface area contributed by atoms with Crippen LogP contribution in [0.2, 0.25) is 0 Å². The van der Waals surface area contributed by atoms with Gasteiger partial charge >= 0.3 is 18.1 Å². The van der Waals surface area contributed by atoms with Crippen LogP contribution < -0.4 is 10.4 Å². The molecule has 1 aliphatic rings. The van der Waals surface area contributed by atoms with Gasteiger partial charge in [0.05, 0.1) is 6.20 Å². The summed E-state index contributed by atoms with van der Waals surface area (Å²) in [6, 6.07) is 4.71. The lowest BCUT2D eigenvalue weighted by atomic mass is 10.2. The van der Waals surface area contributed by atoms with E-state index in [0.717, 1.165) is 29.5 Å². The highest BCUT2D eigenvalue weighted by atomic mass is 19.4. The summed E-state index contributed by atoms with van der Waals surface area (Å²) >= 11 is 0. The molecule has 4 rings (SSSR count). The molecule has 0 spiro atoms. The third kappa shape index (κ3) is 3.55. The zero-order valence-electron chi connectivity index (χ0n) is 15.3. The molecule has 1 saturated heterocycles. The van der Waals surface area contributed by atoms with Crippen LogP contribution in [-0.2, 0) is 7.05 Å². The lowest BCUT2D eigenvalue weighted by Gasteiger charge is -2.14. The number of hydrogen-bond donors (Lipinski definition) is 0. The van der Waals surface area contributed by atoms with Gasteiger partial charge < -0.3 is 9.64 Å². The molecule has 2 aromatic heterocycles. The Labute approximate surface area is 162 Å². The third-order valence-corrected chi connectivity index (χ3v) is 4.70. The van der Waals surface area contributed by atoms with Crippen molar-refractivity contribution in [3.8, 4) is 17.1 Å². The Morgan fingerprint density at radius 2 is 1.93 bits per heavy atom. The number of hydrogen-bond acceptors (Lipinski definition) is 5. The zero-order chi connectivity index (χ0) is 20.8. The standard InChI is InChI=1S/C18H16F3N5O3/c1-24-13-10-22-14(11-5-4-6-12(9-11)29-18(19,20)21)23-15(13)26(16(24)27)17(28)25-7-2-3-8-25/h4-6,9-10H,2-3,7-8H2,1H3. The molecule has 0 atom stereocenters. The molecule has 3 aromatic rings. The fourth-order valence-corrected chi connectivity index (χ4v) is 3.30. The smallest absolute Gasteiger partial charge is 0.406 e. The maximum absolute atomic E-state index is 12.8. The van der Waals surface area contributed by atoms with Gasteiger partial charge in [-0.15, -0.1) is 13.2 Å². The molecule has 0 aliphatic carbocycles. The minimum Gasteiger partial charge on any atom is -0.406 e. The summed E-state index contributed by atoms with van der Waals surface area (Å²) in [5.74, 6) is -0.351. The first-order valence-electron chi connectivity index (χ1n) is 8.84. The molecule has 1 fully saturated rings. The van der Waals surface area contributed by atoms with Crippen LogP contribution in [0.15, 0.2) is 35.3 Å². The summed E-state index contributed by atoms with van der Waals surface area (Å²) in [6.45, 7) is 1.10. The van der Waals surface area contributed by atoms with Gasteiger partial charge in [0.2, 0.25) is 0 Å². The highest BCUT2D eigenvalue weighted by Crippen LogP contribution is 2.27. The Hall–Kier alpha value is -3.37. The van der Waals surface area contributed by atoms with E-state index in [0.29, 0.717) is 18.6 Å². The van der Waals surface area contributed by atoms with E-state index in [1.54, 1.807) is 4.90 Å². The van der Waals surface area contributed by atoms with E-state index < -0.39 is 23.8 Å². The first-order valence-corrected chi connectivity index (χ1v) is 8.84. The number of amides is 1. The molecular weight excluding hydrogens is 391 g/mol. The second kappa shape index (κ2) is 6.90. The first kappa shape index (κ1) is 19.0. The predicted molar refractivity (Wildman–Crippen MR) is 96.5 cm³/mol. The maximum Gasteiger partial charge on any atom is 0.573 e. The number of benzene rings is 1. The fourth-order valence-electron chi connectivity index (χ4n) is 3.30. The van der Waals surface area contributed by atoms with Gasteiger partial charge in [-0.1, -0.05) is 12.1 Å². The van der Waals surface area contributed by atoms with Crippen LogP contribution in [0.1, 0.15) is 12.8 Å². The van der Waals surface area contributed by atoms with Gasteiger partial charge in [-0.3, -0.25) is 4.57 Å². The number of likely N-dealkylation sites (tertiary alicyclic amines) is 1. The van der Waals surface area contributed by atoms with Crippen LogP contribution in [0, 0.1) is 0 Å². The molecule has 0 N–H and O–H groups in total. The van der Waals surface area contributed by atoms with Crippen LogP contribution in [0.3, 0.4) is 0 Å². The quantitative estimate of drug-likeness (QED) is 0.653. The van der Waals surface area contributed by atoms with Gasteiger partial charge in [0.15, 0.2) is 11.5 Å². The van der Waals surface area contributed by atoms with Crippen LogP contribution in [0.25, 0.3) is 22.6 Å². The summed E-state index contributed by atoms with van der Waals surface area (Å²) < 4.78 is 43.6. The number of carbonyl (C=O) groups is 1. The highest BCUT2D eigenvalue weighted by Gasteiger charge is 2.31. The number of aryl methyl sites for hydroxylation is 1. The molecular formula is C18H16F3N5O3. The van der Waals surface area contributed by atoms with E-state index in [4.69, 9.17) is 0 Å². The van der Waals surface area contributed by atoms with Crippen molar-refractivity contribution >= 4 is 17.2 Å². The van der Waals surface area contributed by atoms with E-state index in [1.165, 1.54) is 29.9 Å². The van der Waals surface area contributed by atoms with Gasteiger partial charge in [-0.05, 0) is 25.0 Å². The highest BCUT2D eigenvalue weighted by molar-refractivity contribution is 5.88. The van der Waals surface area contributed by atoms with Crippen molar-refractivity contribution in [1.29, 1.82) is 0 Å². The molecule has 1 aromatic carbocycles. The van der Waals surface area contributed by atoms with Gasteiger partial charge in [0, 0.05) is 25.7 Å². The average Bonchev–Trinajstić information content (AvgIpc) is 3.28. The summed E-state index contributed by atoms with van der Waals surface area (Å²) in [5, 5.41) is 0. The molecule has 0 saturated carbocycles. The number of halogens is 3. The van der Waals surface area contributed by atoms with Crippen LogP contribution in [0.4, 0.5) is 18.0 Å². The molecule has 0 bridgehead atoms. The van der Waals surface area contributed by atoms with Gasteiger partial charge in [0.25, 0.3) is 0 Å². The fraction of sp³-hybridized carbons (Fsp3) is 0.333. The summed E-state index contributed by atoms with van der Waals surface area (Å²) in [7, 11) is 1.50. The Balaban J connectivity index is 1.80. The van der Waals surface area contributed by atoms with Crippen molar-refractivity contribution in [2.24, 2.45) is 7.05 Å². The Morgan fingerprint density at radius 1 is 1.21 bits per heavy atom. The van der Waals surface area contributed by atoms with E-state index in [-0.39, 0.29) is 17.0 Å². The Bertz CT molecular complexity index is 1150. The van der Waals surface area contributed by atoms with Crippen LogP contribution in [-0.4, -0.2) is 49.5 Å². The number of nitrogens with zero attached hydrogens (tertiary/aromatic N) is 5. The summed E-state index contributed by atoms with van der Waals surface area (Å²) in [4.78, 5) is 35.4. The lowest BCUT2D eigenvalue weighted by Crippen LogP contribution is -2.38. The van der Waals surface area contributed by atoms with Crippen molar-refractivity contribution in [3.05, 3.63) is 40.9 Å². The lowest BCUT2D eigenvalue weighted by molar-refractivity contribution is -0.274. The Morgan fingerprint density at radius 3 is 2.62 bits per heavy atom.